The molecule has 0 fully saturated rings. The number of anilines is 1. The number of hydrogen-bond acceptors (Lipinski definition) is 3. The molecule has 0 spiro atoms. The number of amides is 1. The van der Waals surface area contributed by atoms with Gasteiger partial charge in [-0.2, -0.15) is 10.4 Å². The number of nitriles is 1. The quantitative estimate of drug-likeness (QED) is 0.813. The van der Waals surface area contributed by atoms with E-state index in [1.807, 2.05) is 19.9 Å². The summed E-state index contributed by atoms with van der Waals surface area (Å²) in [6.45, 7) is 5.59. The van der Waals surface area contributed by atoms with Gasteiger partial charge in [-0.25, -0.2) is 0 Å². The average Bonchev–Trinajstić information content (AvgIpc) is 2.57. The van der Waals surface area contributed by atoms with E-state index < -0.39 is 5.92 Å². The van der Waals surface area contributed by atoms with Crippen LogP contribution in [-0.2, 0) is 4.79 Å². The predicted molar refractivity (Wildman–Crippen MR) is 60.7 cm³/mol. The zero-order valence-corrected chi connectivity index (χ0v) is 9.79. The zero-order valence-electron chi connectivity index (χ0n) is 9.79. The Morgan fingerprint density at radius 3 is 2.75 bits per heavy atom. The van der Waals surface area contributed by atoms with Crippen LogP contribution in [0.25, 0.3) is 0 Å². The van der Waals surface area contributed by atoms with Crippen molar-refractivity contribution in [1.82, 2.24) is 10.2 Å². The lowest BCUT2D eigenvalue weighted by molar-refractivity contribution is -0.118. The summed E-state index contributed by atoms with van der Waals surface area (Å²) in [4.78, 5) is 11.8. The van der Waals surface area contributed by atoms with Gasteiger partial charge in [0.15, 0.2) is 0 Å². The van der Waals surface area contributed by atoms with E-state index in [-0.39, 0.29) is 5.91 Å². The molecule has 1 unspecified atom stereocenters. The van der Waals surface area contributed by atoms with Crippen LogP contribution in [0.15, 0.2) is 0 Å². The normalized spacial score (nSPS) is 11.9. The van der Waals surface area contributed by atoms with Crippen molar-refractivity contribution in [2.75, 3.05) is 5.32 Å². The molecule has 0 bridgehead atoms. The van der Waals surface area contributed by atoms with Gasteiger partial charge in [-0.05, 0) is 20.3 Å². The van der Waals surface area contributed by atoms with E-state index in [2.05, 4.69) is 15.5 Å². The number of aromatic amines is 1. The summed E-state index contributed by atoms with van der Waals surface area (Å²) in [5, 5.41) is 18.4. The highest BCUT2D eigenvalue weighted by molar-refractivity contribution is 5.95. The maximum atomic E-state index is 11.8. The maximum absolute atomic E-state index is 11.8. The van der Waals surface area contributed by atoms with Crippen LogP contribution in [-0.4, -0.2) is 16.1 Å². The van der Waals surface area contributed by atoms with Gasteiger partial charge in [0.25, 0.3) is 0 Å². The Bertz CT molecular complexity index is 397. The van der Waals surface area contributed by atoms with Crippen molar-refractivity contribution in [3.8, 4) is 6.07 Å². The molecule has 5 nitrogen and oxygen atoms in total. The second-order valence-corrected chi connectivity index (χ2v) is 3.77. The predicted octanol–water partition coefficient (Wildman–Crippen LogP) is 1.90. The first kappa shape index (κ1) is 12.2. The van der Waals surface area contributed by atoms with Crippen molar-refractivity contribution in [1.29, 1.82) is 5.26 Å². The molecule has 5 heteroatoms. The first-order valence-corrected chi connectivity index (χ1v) is 5.32. The molecule has 0 saturated heterocycles. The monoisotopic (exact) mass is 220 g/mol. The van der Waals surface area contributed by atoms with Crippen LogP contribution in [0.2, 0.25) is 0 Å². The average molecular weight is 220 g/mol. The third-order valence-electron chi connectivity index (χ3n) is 2.43. The maximum Gasteiger partial charge on any atom is 0.241 e. The van der Waals surface area contributed by atoms with E-state index in [4.69, 9.17) is 5.26 Å². The molecule has 1 atom stereocenters. The molecule has 16 heavy (non-hydrogen) atoms. The minimum absolute atomic E-state index is 0.253. The lowest BCUT2D eigenvalue weighted by atomic mass is 10.0. The molecule has 2 N–H and O–H groups in total. The molecule has 1 amide bonds. The zero-order chi connectivity index (χ0) is 12.1. The fourth-order valence-corrected chi connectivity index (χ4v) is 1.49. The van der Waals surface area contributed by atoms with Gasteiger partial charge in [0, 0.05) is 0 Å². The Morgan fingerprint density at radius 2 is 2.31 bits per heavy atom. The highest BCUT2D eigenvalue weighted by Gasteiger charge is 2.19. The van der Waals surface area contributed by atoms with E-state index in [1.165, 1.54) is 0 Å². The Morgan fingerprint density at radius 1 is 1.62 bits per heavy atom. The van der Waals surface area contributed by atoms with Crippen LogP contribution in [0.3, 0.4) is 0 Å². The van der Waals surface area contributed by atoms with Crippen molar-refractivity contribution in [2.45, 2.75) is 33.6 Å². The van der Waals surface area contributed by atoms with Crippen LogP contribution in [0.4, 0.5) is 5.69 Å². The smallest absolute Gasteiger partial charge is 0.241 e. The van der Waals surface area contributed by atoms with Gasteiger partial charge in [-0.15, -0.1) is 0 Å². The number of nitrogens with one attached hydrogen (secondary N) is 2. The molecule has 0 saturated carbocycles. The fraction of sp³-hybridized carbons (Fsp3) is 0.545. The number of rotatable bonds is 4. The fourth-order valence-electron chi connectivity index (χ4n) is 1.49. The van der Waals surface area contributed by atoms with Gasteiger partial charge in [0.05, 0.1) is 23.1 Å². The molecule has 1 aromatic rings. The first-order chi connectivity index (χ1) is 7.60. The summed E-state index contributed by atoms with van der Waals surface area (Å²) >= 11 is 0. The van der Waals surface area contributed by atoms with E-state index in [0.29, 0.717) is 12.1 Å². The highest BCUT2D eigenvalue weighted by atomic mass is 16.1. The number of aromatic nitrogens is 2. The summed E-state index contributed by atoms with van der Waals surface area (Å²) in [6.07, 6.45) is 1.40. The number of H-pyrrole nitrogens is 1. The third-order valence-corrected chi connectivity index (χ3v) is 2.43. The van der Waals surface area contributed by atoms with Gasteiger partial charge in [0.2, 0.25) is 5.91 Å². The summed E-state index contributed by atoms with van der Waals surface area (Å²) in [6, 6.07) is 2.01. The van der Waals surface area contributed by atoms with Crippen LogP contribution in [0.5, 0.6) is 0 Å². The minimum atomic E-state index is -0.585. The topological polar surface area (TPSA) is 81.6 Å². The summed E-state index contributed by atoms with van der Waals surface area (Å²) in [5.41, 5.74) is 2.22. The van der Waals surface area contributed by atoms with E-state index in [1.54, 1.807) is 6.92 Å². The molecule has 1 heterocycles. The van der Waals surface area contributed by atoms with Crippen molar-refractivity contribution in [2.24, 2.45) is 5.92 Å². The van der Waals surface area contributed by atoms with Gasteiger partial charge in [-0.3, -0.25) is 9.89 Å². The molecule has 0 aliphatic heterocycles. The van der Waals surface area contributed by atoms with Crippen LogP contribution >= 0.6 is 0 Å². The molecule has 0 aromatic carbocycles. The highest BCUT2D eigenvalue weighted by Crippen LogP contribution is 2.18. The second kappa shape index (κ2) is 5.31. The van der Waals surface area contributed by atoms with Crippen molar-refractivity contribution >= 4 is 11.6 Å². The van der Waals surface area contributed by atoms with Crippen LogP contribution < -0.4 is 5.32 Å². The first-order valence-electron chi connectivity index (χ1n) is 5.32. The molecule has 0 aliphatic rings. The number of hydrogen-bond donors (Lipinski definition) is 2. The lowest BCUT2D eigenvalue weighted by Crippen LogP contribution is -2.22. The Balaban J connectivity index is 2.75. The minimum Gasteiger partial charge on any atom is -0.322 e. The number of carbonyl (C=O) groups excluding carboxylic acids is 1. The van der Waals surface area contributed by atoms with Gasteiger partial charge in [0.1, 0.15) is 5.92 Å². The number of nitrogens with zero attached hydrogens (tertiary/aromatic N) is 2. The molecule has 86 valence electrons. The molecular formula is C11H16N4O. The van der Waals surface area contributed by atoms with Crippen LogP contribution in [0, 0.1) is 31.1 Å². The third kappa shape index (κ3) is 2.60. The van der Waals surface area contributed by atoms with E-state index in [9.17, 15) is 4.79 Å². The van der Waals surface area contributed by atoms with Crippen molar-refractivity contribution in [3.05, 3.63) is 11.4 Å². The lowest BCUT2D eigenvalue weighted by Gasteiger charge is -2.09. The largest absolute Gasteiger partial charge is 0.322 e. The molecule has 1 aromatic heterocycles. The standard InChI is InChI=1S/C11H16N4O/c1-4-5-9(6-12)11(16)13-10-7(2)14-15-8(10)3/h9H,4-5H2,1-3H3,(H,13,16)(H,14,15). The molecule has 1 rings (SSSR count). The number of aryl methyl sites for hydroxylation is 2. The molecule has 0 aliphatic carbocycles. The molecular weight excluding hydrogens is 204 g/mol. The second-order valence-electron chi connectivity index (χ2n) is 3.77. The summed E-state index contributed by atoms with van der Waals surface area (Å²) in [7, 11) is 0. The van der Waals surface area contributed by atoms with E-state index in [0.717, 1.165) is 17.8 Å². The summed E-state index contributed by atoms with van der Waals surface area (Å²) in [5.74, 6) is -0.837. The van der Waals surface area contributed by atoms with Crippen LogP contribution in [0.1, 0.15) is 31.2 Å². The Hall–Kier alpha value is -1.83. The SMILES string of the molecule is CCCC(C#N)C(=O)Nc1c(C)n[nH]c1C. The van der Waals surface area contributed by atoms with Crippen molar-refractivity contribution in [3.63, 3.8) is 0 Å². The van der Waals surface area contributed by atoms with Gasteiger partial charge >= 0.3 is 0 Å². The Kier molecular flexibility index (Phi) is 4.06. The number of carbonyl (C=O) groups is 1. The molecule has 0 radical (unpaired) electrons. The van der Waals surface area contributed by atoms with E-state index >= 15 is 0 Å². The Labute approximate surface area is 94.9 Å². The summed E-state index contributed by atoms with van der Waals surface area (Å²) < 4.78 is 0. The van der Waals surface area contributed by atoms with Crippen molar-refractivity contribution < 1.29 is 4.79 Å². The van der Waals surface area contributed by atoms with Gasteiger partial charge in [-0.1, -0.05) is 13.3 Å². The van der Waals surface area contributed by atoms with Gasteiger partial charge < -0.3 is 5.32 Å².